The van der Waals surface area contributed by atoms with Crippen molar-refractivity contribution in [2.45, 2.75) is 13.8 Å². The van der Waals surface area contributed by atoms with Crippen LogP contribution in [0.2, 0.25) is 0 Å². The number of aromatic nitrogens is 3. The predicted molar refractivity (Wildman–Crippen MR) is 111 cm³/mol. The van der Waals surface area contributed by atoms with Gasteiger partial charge in [-0.25, -0.2) is 9.97 Å². The number of amides is 1. The van der Waals surface area contributed by atoms with E-state index in [2.05, 4.69) is 25.8 Å². The van der Waals surface area contributed by atoms with E-state index in [1.54, 1.807) is 19.1 Å². The number of benzene rings is 2. The van der Waals surface area contributed by atoms with Gasteiger partial charge in [0, 0.05) is 23.4 Å². The topological polar surface area (TPSA) is 92.9 Å². The summed E-state index contributed by atoms with van der Waals surface area (Å²) in [7, 11) is 0. The maximum atomic E-state index is 12.8. The van der Waals surface area contributed by atoms with Crippen molar-refractivity contribution in [3.8, 4) is 11.4 Å². The zero-order chi connectivity index (χ0) is 20.2. The van der Waals surface area contributed by atoms with Crippen LogP contribution in [0, 0.1) is 13.8 Å². The van der Waals surface area contributed by atoms with Crippen molar-refractivity contribution in [3.63, 3.8) is 0 Å². The number of rotatable bonds is 5. The van der Waals surface area contributed by atoms with E-state index in [4.69, 9.17) is 4.52 Å². The molecule has 2 aromatic carbocycles. The Kier molecular flexibility index (Phi) is 5.03. The Morgan fingerprint density at radius 3 is 2.34 bits per heavy atom. The van der Waals surface area contributed by atoms with Crippen LogP contribution in [0.5, 0.6) is 0 Å². The van der Waals surface area contributed by atoms with E-state index in [1.165, 1.54) is 0 Å². The third-order valence-electron chi connectivity index (χ3n) is 4.18. The van der Waals surface area contributed by atoms with E-state index in [0.29, 0.717) is 28.9 Å². The number of hydrogen-bond acceptors (Lipinski definition) is 6. The Morgan fingerprint density at radius 2 is 1.66 bits per heavy atom. The Balaban J connectivity index is 1.68. The molecule has 144 valence electrons. The highest BCUT2D eigenvalue weighted by atomic mass is 16.5. The molecule has 0 atom stereocenters. The highest BCUT2D eigenvalue weighted by Gasteiger charge is 2.14. The molecule has 2 aromatic heterocycles. The Labute approximate surface area is 167 Å². The zero-order valence-electron chi connectivity index (χ0n) is 16.0. The van der Waals surface area contributed by atoms with E-state index in [0.717, 1.165) is 11.1 Å². The molecule has 0 aliphatic carbocycles. The summed E-state index contributed by atoms with van der Waals surface area (Å²) >= 11 is 0. The molecule has 2 N–H and O–H groups in total. The minimum atomic E-state index is -0.326. The standard InChI is InChI=1S/C22H19N5O2/c1-14-8-10-17(11-9-14)23-22(28)18-13-19(25-20-12-15(2)29-27-20)26-21(24-18)16-6-4-3-5-7-16/h3-13H,1-2H3,(H,23,28)(H,24,25,26,27). The third kappa shape index (κ3) is 4.47. The first kappa shape index (κ1) is 18.4. The molecule has 0 bridgehead atoms. The van der Waals surface area contributed by atoms with Gasteiger partial charge in [-0.2, -0.15) is 0 Å². The van der Waals surface area contributed by atoms with Crippen molar-refractivity contribution in [3.05, 3.63) is 83.7 Å². The average Bonchev–Trinajstić information content (AvgIpc) is 3.14. The second-order valence-electron chi connectivity index (χ2n) is 6.60. The average molecular weight is 385 g/mol. The van der Waals surface area contributed by atoms with Crippen molar-refractivity contribution < 1.29 is 9.32 Å². The number of anilines is 3. The summed E-state index contributed by atoms with van der Waals surface area (Å²) in [5, 5.41) is 9.85. The van der Waals surface area contributed by atoms with Crippen molar-refractivity contribution >= 4 is 23.2 Å². The minimum Gasteiger partial charge on any atom is -0.360 e. The van der Waals surface area contributed by atoms with Gasteiger partial charge in [-0.3, -0.25) is 4.79 Å². The predicted octanol–water partition coefficient (Wildman–Crippen LogP) is 4.74. The van der Waals surface area contributed by atoms with E-state index in [-0.39, 0.29) is 11.6 Å². The molecule has 1 amide bonds. The lowest BCUT2D eigenvalue weighted by Gasteiger charge is -2.10. The Bertz CT molecular complexity index is 1140. The molecule has 4 rings (SSSR count). The molecule has 2 heterocycles. The highest BCUT2D eigenvalue weighted by molar-refractivity contribution is 6.03. The SMILES string of the molecule is Cc1ccc(NC(=O)c2cc(Nc3cc(C)on3)nc(-c3ccccc3)n2)cc1. The number of hydrogen-bond donors (Lipinski definition) is 2. The van der Waals surface area contributed by atoms with Gasteiger partial charge in [0.05, 0.1) is 0 Å². The van der Waals surface area contributed by atoms with E-state index >= 15 is 0 Å². The molecule has 0 radical (unpaired) electrons. The van der Waals surface area contributed by atoms with Crippen LogP contribution in [0.4, 0.5) is 17.3 Å². The fourth-order valence-electron chi connectivity index (χ4n) is 2.73. The zero-order valence-corrected chi connectivity index (χ0v) is 16.0. The summed E-state index contributed by atoms with van der Waals surface area (Å²) in [4.78, 5) is 21.8. The molecule has 0 spiro atoms. The third-order valence-corrected chi connectivity index (χ3v) is 4.18. The first-order valence-corrected chi connectivity index (χ1v) is 9.10. The molecule has 0 saturated heterocycles. The Morgan fingerprint density at radius 1 is 0.897 bits per heavy atom. The van der Waals surface area contributed by atoms with Gasteiger partial charge in [-0.15, -0.1) is 0 Å². The van der Waals surface area contributed by atoms with Crippen LogP contribution in [0.3, 0.4) is 0 Å². The van der Waals surface area contributed by atoms with Crippen LogP contribution < -0.4 is 10.6 Å². The monoisotopic (exact) mass is 385 g/mol. The van der Waals surface area contributed by atoms with Gasteiger partial charge >= 0.3 is 0 Å². The quantitative estimate of drug-likeness (QED) is 0.515. The molecule has 29 heavy (non-hydrogen) atoms. The number of carbonyl (C=O) groups is 1. The van der Waals surface area contributed by atoms with Gasteiger partial charge in [-0.1, -0.05) is 53.2 Å². The smallest absolute Gasteiger partial charge is 0.274 e. The summed E-state index contributed by atoms with van der Waals surface area (Å²) in [5.41, 5.74) is 2.85. The van der Waals surface area contributed by atoms with Gasteiger partial charge in [0.2, 0.25) is 0 Å². The number of carbonyl (C=O) groups excluding carboxylic acids is 1. The first-order valence-electron chi connectivity index (χ1n) is 9.10. The molecule has 7 heteroatoms. The summed E-state index contributed by atoms with van der Waals surface area (Å²) in [6.45, 7) is 3.79. The van der Waals surface area contributed by atoms with Crippen molar-refractivity contribution in [2.75, 3.05) is 10.6 Å². The first-order chi connectivity index (χ1) is 14.1. The van der Waals surface area contributed by atoms with Crippen molar-refractivity contribution in [2.24, 2.45) is 0 Å². The van der Waals surface area contributed by atoms with Crippen molar-refractivity contribution in [1.29, 1.82) is 0 Å². The molecule has 0 aliphatic rings. The van der Waals surface area contributed by atoms with E-state index < -0.39 is 0 Å². The lowest BCUT2D eigenvalue weighted by molar-refractivity contribution is 0.102. The molecule has 0 fully saturated rings. The van der Waals surface area contributed by atoms with Crippen molar-refractivity contribution in [1.82, 2.24) is 15.1 Å². The summed E-state index contributed by atoms with van der Waals surface area (Å²) in [6.07, 6.45) is 0. The normalized spacial score (nSPS) is 10.6. The van der Waals surface area contributed by atoms with Crippen LogP contribution in [-0.4, -0.2) is 21.0 Å². The molecule has 0 saturated carbocycles. The van der Waals surface area contributed by atoms with Crippen LogP contribution in [-0.2, 0) is 0 Å². The summed E-state index contributed by atoms with van der Waals surface area (Å²) < 4.78 is 5.08. The van der Waals surface area contributed by atoms with E-state index in [1.807, 2.05) is 61.5 Å². The number of aryl methyl sites for hydroxylation is 2. The van der Waals surface area contributed by atoms with Crippen LogP contribution in [0.15, 0.2) is 71.3 Å². The van der Waals surface area contributed by atoms with Crippen LogP contribution in [0.1, 0.15) is 21.8 Å². The second kappa shape index (κ2) is 7.93. The molecular formula is C22H19N5O2. The highest BCUT2D eigenvalue weighted by Crippen LogP contribution is 2.21. The fraction of sp³-hybridized carbons (Fsp3) is 0.0909. The maximum absolute atomic E-state index is 12.8. The molecule has 0 unspecified atom stereocenters. The Hall–Kier alpha value is -4.00. The largest absolute Gasteiger partial charge is 0.360 e. The number of nitrogens with zero attached hydrogens (tertiary/aromatic N) is 3. The van der Waals surface area contributed by atoms with Gasteiger partial charge in [0.1, 0.15) is 17.3 Å². The van der Waals surface area contributed by atoms with Gasteiger partial charge in [0.15, 0.2) is 11.6 Å². The minimum absolute atomic E-state index is 0.238. The van der Waals surface area contributed by atoms with Crippen LogP contribution >= 0.6 is 0 Å². The lowest BCUT2D eigenvalue weighted by atomic mass is 10.2. The molecule has 4 aromatic rings. The van der Waals surface area contributed by atoms with Gasteiger partial charge < -0.3 is 15.2 Å². The summed E-state index contributed by atoms with van der Waals surface area (Å²) in [5.74, 6) is 1.73. The van der Waals surface area contributed by atoms with Crippen LogP contribution in [0.25, 0.3) is 11.4 Å². The molecule has 0 aliphatic heterocycles. The maximum Gasteiger partial charge on any atom is 0.274 e. The summed E-state index contributed by atoms with van der Waals surface area (Å²) in [6, 6.07) is 20.4. The molecule has 7 nitrogen and oxygen atoms in total. The lowest BCUT2D eigenvalue weighted by Crippen LogP contribution is -2.15. The van der Waals surface area contributed by atoms with Gasteiger partial charge in [0.25, 0.3) is 5.91 Å². The number of nitrogens with one attached hydrogen (secondary N) is 2. The van der Waals surface area contributed by atoms with Gasteiger partial charge in [-0.05, 0) is 26.0 Å². The molecular weight excluding hydrogens is 366 g/mol. The fourth-order valence-corrected chi connectivity index (χ4v) is 2.73. The van der Waals surface area contributed by atoms with E-state index in [9.17, 15) is 4.79 Å². The second-order valence-corrected chi connectivity index (χ2v) is 6.60.